The number of amides is 1. The summed E-state index contributed by atoms with van der Waals surface area (Å²) in [7, 11) is 0. The largest absolute Gasteiger partial charge is 0.503 e. The van der Waals surface area contributed by atoms with E-state index in [9.17, 15) is 4.79 Å². The molecule has 8 nitrogen and oxygen atoms in total. The fourth-order valence-electron chi connectivity index (χ4n) is 4.73. The molecular formula is C30H28N2O6. The van der Waals surface area contributed by atoms with Crippen LogP contribution in [0.5, 0.6) is 0 Å². The minimum atomic E-state index is -1.83. The predicted molar refractivity (Wildman–Crippen MR) is 141 cm³/mol. The van der Waals surface area contributed by atoms with E-state index < -0.39 is 6.16 Å². The average molecular weight is 513 g/mol. The van der Waals surface area contributed by atoms with E-state index in [2.05, 4.69) is 53.7 Å². The first-order valence-corrected chi connectivity index (χ1v) is 12.5. The van der Waals surface area contributed by atoms with Crippen molar-refractivity contribution in [2.75, 3.05) is 6.61 Å². The third kappa shape index (κ3) is 5.54. The molecule has 2 heterocycles. The van der Waals surface area contributed by atoms with E-state index in [0.29, 0.717) is 18.9 Å². The number of rotatable bonds is 6. The predicted octanol–water partition coefficient (Wildman–Crippen LogP) is 7.11. The van der Waals surface area contributed by atoms with Gasteiger partial charge in [0.15, 0.2) is 5.76 Å². The van der Waals surface area contributed by atoms with Gasteiger partial charge >= 0.3 is 12.2 Å². The summed E-state index contributed by atoms with van der Waals surface area (Å²) in [6, 6.07) is 27.1. The van der Waals surface area contributed by atoms with Gasteiger partial charge in [0.2, 0.25) is 0 Å². The minimum Gasteiger partial charge on any atom is -0.450 e. The quantitative estimate of drug-likeness (QED) is 0.283. The van der Waals surface area contributed by atoms with Crippen molar-refractivity contribution in [3.8, 4) is 22.5 Å². The Kier molecular flexibility index (Phi) is 7.13. The van der Waals surface area contributed by atoms with Gasteiger partial charge < -0.3 is 19.5 Å². The molecule has 2 N–H and O–H groups in total. The van der Waals surface area contributed by atoms with Crippen molar-refractivity contribution >= 4 is 12.2 Å². The molecule has 0 bridgehead atoms. The fraction of sp³-hybridized carbons (Fsp3) is 0.233. The minimum absolute atomic E-state index is 0.128. The highest BCUT2D eigenvalue weighted by molar-refractivity contribution is 5.73. The maximum Gasteiger partial charge on any atom is 0.503 e. The summed E-state index contributed by atoms with van der Waals surface area (Å²) in [5, 5.41) is 18.2. The number of aromatic nitrogens is 1. The van der Waals surface area contributed by atoms with Gasteiger partial charge in [-0.15, -0.1) is 0 Å². The summed E-state index contributed by atoms with van der Waals surface area (Å²) in [4.78, 5) is 22.9. The van der Waals surface area contributed by atoms with Crippen molar-refractivity contribution in [1.82, 2.24) is 10.1 Å². The number of carbonyl (C=O) groups is 2. The number of hydrogen-bond donors (Lipinski definition) is 2. The monoisotopic (exact) mass is 512 g/mol. The molecule has 1 aliphatic heterocycles. The van der Waals surface area contributed by atoms with Crippen LogP contribution < -0.4 is 0 Å². The molecule has 8 heteroatoms. The molecule has 38 heavy (non-hydrogen) atoms. The molecule has 1 atom stereocenters. The van der Waals surface area contributed by atoms with E-state index >= 15 is 0 Å². The Morgan fingerprint density at radius 1 is 0.895 bits per heavy atom. The number of cyclic esters (lactones) is 1. The molecule has 1 aliphatic carbocycles. The van der Waals surface area contributed by atoms with Gasteiger partial charge in [-0.1, -0.05) is 84.0 Å². The van der Waals surface area contributed by atoms with Crippen molar-refractivity contribution < 1.29 is 29.1 Å². The number of benzene rings is 3. The first-order chi connectivity index (χ1) is 18.4. The number of ether oxygens (including phenoxy) is 1. The summed E-state index contributed by atoms with van der Waals surface area (Å²) >= 11 is 0. The van der Waals surface area contributed by atoms with E-state index in [4.69, 9.17) is 24.3 Å². The lowest BCUT2D eigenvalue weighted by Crippen LogP contribution is -2.27. The van der Waals surface area contributed by atoms with Crippen LogP contribution in [0.4, 0.5) is 9.59 Å². The van der Waals surface area contributed by atoms with Crippen LogP contribution in [0, 0.1) is 6.92 Å². The van der Waals surface area contributed by atoms with Gasteiger partial charge in [-0.05, 0) is 47.9 Å². The summed E-state index contributed by atoms with van der Waals surface area (Å²) < 4.78 is 11.1. The van der Waals surface area contributed by atoms with Gasteiger partial charge in [0, 0.05) is 11.1 Å². The van der Waals surface area contributed by atoms with E-state index in [0.717, 1.165) is 33.9 Å². The Hall–Kier alpha value is -4.59. The molecule has 1 aromatic heterocycles. The maximum absolute atomic E-state index is 12.6. The first kappa shape index (κ1) is 25.1. The molecule has 4 aromatic rings. The van der Waals surface area contributed by atoms with Crippen molar-refractivity contribution in [2.24, 2.45) is 0 Å². The van der Waals surface area contributed by atoms with Crippen LogP contribution >= 0.6 is 0 Å². The number of aryl methyl sites for hydroxylation is 1. The first-order valence-electron chi connectivity index (χ1n) is 12.5. The molecular weight excluding hydrogens is 484 g/mol. The molecule has 6 rings (SSSR count). The average Bonchev–Trinajstić information content (AvgIpc) is 3.63. The van der Waals surface area contributed by atoms with Crippen LogP contribution in [-0.2, 0) is 11.3 Å². The summed E-state index contributed by atoms with van der Waals surface area (Å²) in [5.74, 6) is 1.46. The zero-order valence-corrected chi connectivity index (χ0v) is 20.9. The Labute approximate surface area is 220 Å². The summed E-state index contributed by atoms with van der Waals surface area (Å²) in [5.41, 5.74) is 7.49. The molecule has 3 aromatic carbocycles. The third-order valence-electron chi connectivity index (χ3n) is 6.91. The van der Waals surface area contributed by atoms with Crippen LogP contribution in [-0.4, -0.2) is 39.1 Å². The molecule has 0 radical (unpaired) electrons. The van der Waals surface area contributed by atoms with Gasteiger partial charge in [-0.2, -0.15) is 0 Å². The van der Waals surface area contributed by atoms with Crippen LogP contribution in [0.25, 0.3) is 22.5 Å². The highest BCUT2D eigenvalue weighted by atomic mass is 16.6. The molecule has 194 valence electrons. The topological polar surface area (TPSA) is 113 Å². The van der Waals surface area contributed by atoms with E-state index in [1.165, 1.54) is 24.0 Å². The second kappa shape index (κ2) is 10.8. The lowest BCUT2D eigenvalue weighted by molar-refractivity contribution is 0.136. The Balaban J connectivity index is 0.000000689. The maximum atomic E-state index is 12.6. The summed E-state index contributed by atoms with van der Waals surface area (Å²) in [6.45, 7) is 2.64. The van der Waals surface area contributed by atoms with Crippen molar-refractivity contribution in [1.29, 1.82) is 0 Å². The van der Waals surface area contributed by atoms with E-state index in [-0.39, 0.29) is 12.1 Å². The van der Waals surface area contributed by atoms with Gasteiger partial charge in [0.1, 0.15) is 6.61 Å². The third-order valence-corrected chi connectivity index (χ3v) is 6.91. The fourth-order valence-corrected chi connectivity index (χ4v) is 4.73. The van der Waals surface area contributed by atoms with Crippen molar-refractivity contribution in [3.05, 3.63) is 101 Å². The second-order valence-corrected chi connectivity index (χ2v) is 9.46. The lowest BCUT2D eigenvalue weighted by Gasteiger charge is -2.21. The van der Waals surface area contributed by atoms with E-state index in [1.807, 2.05) is 37.3 Å². The van der Waals surface area contributed by atoms with Gasteiger partial charge in [-0.25, -0.2) is 9.59 Å². The molecule has 2 fully saturated rings. The number of carboxylic acid groups (broad SMARTS) is 2. The number of carbonyl (C=O) groups excluding carboxylic acids is 1. The molecule has 1 saturated carbocycles. The Bertz CT molecular complexity index is 1410. The Morgan fingerprint density at radius 3 is 2.08 bits per heavy atom. The van der Waals surface area contributed by atoms with Crippen LogP contribution in [0.15, 0.2) is 83.4 Å². The molecule has 2 aliphatic rings. The number of nitrogens with zero attached hydrogens (tertiary/aromatic N) is 2. The van der Waals surface area contributed by atoms with Crippen molar-refractivity contribution in [2.45, 2.75) is 38.3 Å². The number of hydrogen-bond acceptors (Lipinski definition) is 5. The van der Waals surface area contributed by atoms with Crippen LogP contribution in [0.1, 0.15) is 47.2 Å². The Morgan fingerprint density at radius 2 is 1.47 bits per heavy atom. The highest BCUT2D eigenvalue weighted by Crippen LogP contribution is 2.40. The summed E-state index contributed by atoms with van der Waals surface area (Å²) in [6.07, 6.45) is 0.480. The van der Waals surface area contributed by atoms with Gasteiger partial charge in [0.05, 0.1) is 18.3 Å². The highest BCUT2D eigenvalue weighted by Gasteiger charge is 2.35. The second-order valence-electron chi connectivity index (χ2n) is 9.46. The standard InChI is InChI=1S/C29H26N2O3.CH2O3/c1-19-26(17-31-27(18-33-29(31)32)24-5-3-2-4-6-24)28(34-30-19)25-15-13-23(14-16-25)22-11-9-21(10-12-22)20-7-8-20;2-1(3)4/h2-6,9-16,20,27H,7-8,17-18H2,1H3;(H2,2,3,4)/t27-;/m1./s1. The van der Waals surface area contributed by atoms with Gasteiger partial charge in [0.25, 0.3) is 0 Å². The van der Waals surface area contributed by atoms with E-state index in [1.54, 1.807) is 4.90 Å². The SMILES string of the molecule is Cc1noc(-c2ccc(-c3ccc(C4CC4)cc3)cc2)c1CN1C(=O)OC[C@@H]1c1ccccc1.O=C(O)O. The normalized spacial score (nSPS) is 16.5. The smallest absolute Gasteiger partial charge is 0.450 e. The van der Waals surface area contributed by atoms with Gasteiger partial charge in [-0.3, -0.25) is 4.90 Å². The van der Waals surface area contributed by atoms with Crippen molar-refractivity contribution in [3.63, 3.8) is 0 Å². The molecule has 1 saturated heterocycles. The molecule has 1 amide bonds. The molecule has 0 spiro atoms. The zero-order valence-electron chi connectivity index (χ0n) is 20.9. The lowest BCUT2D eigenvalue weighted by atomic mass is 9.99. The van der Waals surface area contributed by atoms with Crippen LogP contribution in [0.3, 0.4) is 0 Å². The van der Waals surface area contributed by atoms with Crippen LogP contribution in [0.2, 0.25) is 0 Å². The molecule has 0 unspecified atom stereocenters. The zero-order chi connectivity index (χ0) is 26.6.